The molecular formula is C14H21FN2O3S. The van der Waals surface area contributed by atoms with Gasteiger partial charge in [0, 0.05) is 24.9 Å². The lowest BCUT2D eigenvalue weighted by Gasteiger charge is -2.36. The van der Waals surface area contributed by atoms with Crippen molar-refractivity contribution in [1.82, 2.24) is 4.31 Å². The number of hydrogen-bond donors (Lipinski definition) is 2. The number of nitrogens with zero attached hydrogens (tertiary/aromatic N) is 1. The molecule has 21 heavy (non-hydrogen) atoms. The van der Waals surface area contributed by atoms with Crippen molar-refractivity contribution in [3.8, 4) is 0 Å². The van der Waals surface area contributed by atoms with Crippen molar-refractivity contribution in [2.75, 3.05) is 18.9 Å². The van der Waals surface area contributed by atoms with Gasteiger partial charge in [-0.05, 0) is 43.9 Å². The Bertz CT molecular complexity index is 615. The summed E-state index contributed by atoms with van der Waals surface area (Å²) in [6.45, 7) is 1.58. The Labute approximate surface area is 124 Å². The number of sulfonamides is 1. The molecule has 7 heteroatoms. The summed E-state index contributed by atoms with van der Waals surface area (Å²) in [5.74, 6) is -0.752. The minimum atomic E-state index is -3.94. The SMILES string of the molecule is Cc1cc(N)cc(S(=O)(=O)N(CCCO)C2CCC2)c1F. The highest BCUT2D eigenvalue weighted by Gasteiger charge is 2.36. The largest absolute Gasteiger partial charge is 0.399 e. The van der Waals surface area contributed by atoms with Gasteiger partial charge in [0.1, 0.15) is 10.7 Å². The van der Waals surface area contributed by atoms with Gasteiger partial charge < -0.3 is 10.8 Å². The van der Waals surface area contributed by atoms with E-state index in [2.05, 4.69) is 0 Å². The third-order valence-electron chi connectivity index (χ3n) is 3.85. The van der Waals surface area contributed by atoms with Crippen molar-refractivity contribution in [3.63, 3.8) is 0 Å². The number of aryl methyl sites for hydroxylation is 1. The normalized spacial score (nSPS) is 16.2. The molecule has 0 radical (unpaired) electrons. The standard InChI is InChI=1S/C14H21FN2O3S/c1-10-8-11(16)9-13(14(10)15)21(19,20)17(6-3-7-18)12-4-2-5-12/h8-9,12,18H,2-7,16H2,1H3. The summed E-state index contributed by atoms with van der Waals surface area (Å²) in [6.07, 6.45) is 2.84. The van der Waals surface area contributed by atoms with E-state index in [1.807, 2.05) is 0 Å². The van der Waals surface area contributed by atoms with E-state index in [4.69, 9.17) is 10.8 Å². The molecule has 0 amide bonds. The first-order chi connectivity index (χ1) is 9.87. The zero-order chi connectivity index (χ0) is 15.6. The van der Waals surface area contributed by atoms with E-state index in [1.54, 1.807) is 0 Å². The van der Waals surface area contributed by atoms with Gasteiger partial charge in [0.05, 0.1) is 0 Å². The summed E-state index contributed by atoms with van der Waals surface area (Å²) in [7, 11) is -3.94. The van der Waals surface area contributed by atoms with E-state index in [0.717, 1.165) is 19.3 Å². The van der Waals surface area contributed by atoms with Crippen molar-refractivity contribution >= 4 is 15.7 Å². The molecule has 118 valence electrons. The molecule has 3 N–H and O–H groups in total. The number of rotatable bonds is 6. The minimum absolute atomic E-state index is 0.100. The molecule has 2 rings (SSSR count). The summed E-state index contributed by atoms with van der Waals surface area (Å²) >= 11 is 0. The van der Waals surface area contributed by atoms with Crippen molar-refractivity contribution in [3.05, 3.63) is 23.5 Å². The molecule has 0 unspecified atom stereocenters. The van der Waals surface area contributed by atoms with Gasteiger partial charge in [0.25, 0.3) is 0 Å². The smallest absolute Gasteiger partial charge is 0.246 e. The topological polar surface area (TPSA) is 83.6 Å². The van der Waals surface area contributed by atoms with Crippen LogP contribution in [-0.4, -0.2) is 37.0 Å². The van der Waals surface area contributed by atoms with E-state index in [0.29, 0.717) is 6.42 Å². The van der Waals surface area contributed by atoms with Gasteiger partial charge in [-0.1, -0.05) is 6.42 Å². The number of nitrogen functional groups attached to an aromatic ring is 1. The molecule has 5 nitrogen and oxygen atoms in total. The third-order valence-corrected chi connectivity index (χ3v) is 5.80. The van der Waals surface area contributed by atoms with E-state index >= 15 is 0 Å². The van der Waals surface area contributed by atoms with E-state index in [-0.39, 0.29) is 35.3 Å². The lowest BCUT2D eigenvalue weighted by atomic mass is 9.93. The molecule has 0 saturated heterocycles. The number of anilines is 1. The maximum absolute atomic E-state index is 14.2. The number of benzene rings is 1. The molecule has 0 spiro atoms. The zero-order valence-corrected chi connectivity index (χ0v) is 12.9. The van der Waals surface area contributed by atoms with Crippen LogP contribution in [0.15, 0.2) is 17.0 Å². The predicted octanol–water partition coefficient (Wildman–Crippen LogP) is 1.64. The Kier molecular flexibility index (Phi) is 4.85. The van der Waals surface area contributed by atoms with Gasteiger partial charge in [-0.2, -0.15) is 4.31 Å². The van der Waals surface area contributed by atoms with Crippen molar-refractivity contribution in [2.24, 2.45) is 0 Å². The lowest BCUT2D eigenvalue weighted by molar-refractivity contribution is 0.198. The summed E-state index contributed by atoms with van der Waals surface area (Å²) in [5, 5.41) is 8.95. The zero-order valence-electron chi connectivity index (χ0n) is 12.0. The first-order valence-electron chi connectivity index (χ1n) is 7.06. The van der Waals surface area contributed by atoms with Crippen LogP contribution in [0.4, 0.5) is 10.1 Å². The second-order valence-electron chi connectivity index (χ2n) is 5.43. The lowest BCUT2D eigenvalue weighted by Crippen LogP contribution is -2.45. The third kappa shape index (κ3) is 3.20. The van der Waals surface area contributed by atoms with Crippen molar-refractivity contribution < 1.29 is 17.9 Å². The highest BCUT2D eigenvalue weighted by atomic mass is 32.2. The monoisotopic (exact) mass is 316 g/mol. The second-order valence-corrected chi connectivity index (χ2v) is 7.29. The Balaban J connectivity index is 2.42. The van der Waals surface area contributed by atoms with E-state index in [9.17, 15) is 12.8 Å². The van der Waals surface area contributed by atoms with Crippen LogP contribution in [0.3, 0.4) is 0 Å². The van der Waals surface area contributed by atoms with Crippen molar-refractivity contribution in [1.29, 1.82) is 0 Å². The average Bonchev–Trinajstić information content (AvgIpc) is 2.36. The molecule has 1 saturated carbocycles. The first-order valence-corrected chi connectivity index (χ1v) is 8.50. The Morgan fingerprint density at radius 1 is 1.43 bits per heavy atom. The van der Waals surface area contributed by atoms with Crippen LogP contribution in [0.1, 0.15) is 31.2 Å². The van der Waals surface area contributed by atoms with Gasteiger partial charge in [-0.25, -0.2) is 12.8 Å². The predicted molar refractivity (Wildman–Crippen MR) is 78.8 cm³/mol. The van der Waals surface area contributed by atoms with Crippen LogP contribution in [0, 0.1) is 12.7 Å². The molecule has 1 aliphatic rings. The molecule has 1 aromatic rings. The minimum Gasteiger partial charge on any atom is -0.399 e. The molecule has 0 aliphatic heterocycles. The number of halogens is 1. The molecule has 0 atom stereocenters. The maximum Gasteiger partial charge on any atom is 0.246 e. The Hall–Kier alpha value is -1.18. The molecule has 1 fully saturated rings. The van der Waals surface area contributed by atoms with Crippen LogP contribution in [0.25, 0.3) is 0 Å². The molecular weight excluding hydrogens is 295 g/mol. The van der Waals surface area contributed by atoms with Crippen LogP contribution in [0.5, 0.6) is 0 Å². The Morgan fingerprint density at radius 3 is 2.62 bits per heavy atom. The van der Waals surface area contributed by atoms with E-state index in [1.165, 1.54) is 23.4 Å². The van der Waals surface area contributed by atoms with Crippen LogP contribution in [-0.2, 0) is 10.0 Å². The van der Waals surface area contributed by atoms with Gasteiger partial charge in [0.2, 0.25) is 10.0 Å². The van der Waals surface area contributed by atoms with Gasteiger partial charge in [-0.15, -0.1) is 0 Å². The molecule has 0 aromatic heterocycles. The highest BCUT2D eigenvalue weighted by molar-refractivity contribution is 7.89. The number of nitrogens with two attached hydrogens (primary N) is 1. The van der Waals surface area contributed by atoms with E-state index < -0.39 is 15.8 Å². The average molecular weight is 316 g/mol. The second kappa shape index (κ2) is 6.29. The van der Waals surface area contributed by atoms with Crippen LogP contribution in [0.2, 0.25) is 0 Å². The van der Waals surface area contributed by atoms with Crippen LogP contribution < -0.4 is 5.73 Å². The van der Waals surface area contributed by atoms with Crippen LogP contribution >= 0.6 is 0 Å². The fraction of sp³-hybridized carbons (Fsp3) is 0.571. The fourth-order valence-electron chi connectivity index (χ4n) is 2.48. The number of aliphatic hydroxyl groups excluding tert-OH is 1. The first kappa shape index (κ1) is 16.2. The number of hydrogen-bond acceptors (Lipinski definition) is 4. The quantitative estimate of drug-likeness (QED) is 0.782. The van der Waals surface area contributed by atoms with Gasteiger partial charge >= 0.3 is 0 Å². The summed E-state index contributed by atoms with van der Waals surface area (Å²) < 4.78 is 41.0. The highest BCUT2D eigenvalue weighted by Crippen LogP contribution is 2.32. The fourth-order valence-corrected chi connectivity index (χ4v) is 4.38. The summed E-state index contributed by atoms with van der Waals surface area (Å²) in [4.78, 5) is -0.371. The number of aliphatic hydroxyl groups is 1. The van der Waals surface area contributed by atoms with Gasteiger partial charge in [0.15, 0.2) is 0 Å². The molecule has 1 aliphatic carbocycles. The maximum atomic E-state index is 14.2. The molecule has 0 heterocycles. The van der Waals surface area contributed by atoms with Crippen molar-refractivity contribution in [2.45, 2.75) is 43.5 Å². The molecule has 1 aromatic carbocycles. The van der Waals surface area contributed by atoms with Gasteiger partial charge in [-0.3, -0.25) is 0 Å². The molecule has 0 bridgehead atoms. The summed E-state index contributed by atoms with van der Waals surface area (Å²) in [6, 6.07) is 2.47. The Morgan fingerprint density at radius 2 is 2.10 bits per heavy atom. The summed E-state index contributed by atoms with van der Waals surface area (Å²) in [5.41, 5.74) is 6.10.